The summed E-state index contributed by atoms with van der Waals surface area (Å²) in [6.07, 6.45) is 15.9. The standard InChI is InChI=1S/C24H28ClFN4O4P2.C24H27ClFN4O3P.2C22H23ClFN4O3P/c1-5-23(31)30-21-12-17-20(13-22(21)34-9-6-10-36(4,33)15-35(2,3)32)27-14-28-24(17)29-16-7-8-19(26)18(25)11-16;1-4-23(31)30-21-13-17-20(14-22(21)33-10-7-11-34(32,5-2)6-3)27-15-28-24(17)29-16-8-9-19(26)18(25)12-16;2*1-4-21(29)28-19-11-15-18(12-20(19)31-8-5-9-32(2,3)30)25-13-26-22(15)27-14-6-7-17(24)16(23)10-14/h5,7-8,11-14H,1,6,9-10,15H2,2-4H3,(H,30,31)(H,27,28,29);4,8-9,12-15H,1,5-7,10-11H2,2-3H3,(H,30,31)(H,27,28,29);2*4,6-7,10-13H,1,5,8-9H2,2-3H3,(H,28,29)(H,25,26,27). The Kier molecular flexibility index (Phi) is 38.8. The quantitative estimate of drug-likeness (QED) is 0.00765. The minimum absolute atomic E-state index is 0.0197. The van der Waals surface area contributed by atoms with Crippen LogP contribution in [0, 0.1) is 23.3 Å². The molecule has 1 atom stereocenters. The highest BCUT2D eigenvalue weighted by molar-refractivity contribution is 7.79. The Labute approximate surface area is 793 Å². The highest BCUT2D eigenvalue weighted by atomic mass is 35.5. The molecule has 1 unspecified atom stereocenters. The van der Waals surface area contributed by atoms with Gasteiger partial charge in [0.15, 0.2) is 0 Å². The van der Waals surface area contributed by atoms with Crippen LogP contribution in [0.15, 0.2) is 197 Å². The van der Waals surface area contributed by atoms with Crippen LogP contribution in [0.3, 0.4) is 0 Å². The lowest BCUT2D eigenvalue weighted by atomic mass is 10.1. The molecule has 0 spiro atoms. The van der Waals surface area contributed by atoms with Gasteiger partial charge in [0.2, 0.25) is 23.6 Å². The van der Waals surface area contributed by atoms with Crippen LogP contribution in [0.2, 0.25) is 20.1 Å². The first-order valence-electron chi connectivity index (χ1n) is 41.5. The number of amides is 4. The highest BCUT2D eigenvalue weighted by Gasteiger charge is 2.26. The van der Waals surface area contributed by atoms with Crippen LogP contribution < -0.4 is 61.5 Å². The first kappa shape index (κ1) is 106. The van der Waals surface area contributed by atoms with Gasteiger partial charge >= 0.3 is 0 Å². The number of rotatable bonds is 40. The average molecular weight is 2010 g/mol. The summed E-state index contributed by atoms with van der Waals surface area (Å²) in [4.78, 5) is 82.3. The lowest BCUT2D eigenvalue weighted by Crippen LogP contribution is -2.10. The Morgan fingerprint density at radius 1 is 0.343 bits per heavy atom. The second kappa shape index (κ2) is 49.1. The molecule has 0 radical (unpaired) electrons. The predicted molar refractivity (Wildman–Crippen MR) is 538 cm³/mol. The molecule has 0 saturated carbocycles. The van der Waals surface area contributed by atoms with E-state index in [1.54, 1.807) is 101 Å². The lowest BCUT2D eigenvalue weighted by molar-refractivity contribution is -0.112. The first-order valence-corrected chi connectivity index (χ1v) is 56.2. The summed E-state index contributed by atoms with van der Waals surface area (Å²) in [5.74, 6) is -0.147. The van der Waals surface area contributed by atoms with E-state index in [1.165, 1.54) is 92.0 Å². The van der Waals surface area contributed by atoms with Crippen molar-refractivity contribution >= 4 is 218 Å². The number of halogens is 8. The van der Waals surface area contributed by atoms with Gasteiger partial charge in [-0.05, 0) is 206 Å². The SMILES string of the molecule is C=CC(=O)Nc1cc2c(Nc3ccc(F)c(Cl)c3)ncnc2cc1OCCCP(=O)(CC)CC.C=CC(=O)Nc1cc2c(Nc3ccc(F)c(Cl)c3)ncnc2cc1OCCCP(C)(=O)CP(C)(C)=O.C=CC(=O)Nc1cc2c(Nc3ccc(F)c(Cl)c3)ncnc2cc1OCCCP(C)(C)=O.C=CC(=O)Nc1cc2c(Nc3ccc(F)c(Cl)c3)ncnc2cc1OCCCP(C)(C)=O. The number of carbonyl (C=O) groups excluding carboxylic acids is 4. The van der Waals surface area contributed by atoms with Crippen molar-refractivity contribution in [3.63, 3.8) is 0 Å². The maximum atomic E-state index is 13.5. The molecule has 8 N–H and O–H groups in total. The largest absolute Gasteiger partial charge is 0.491 e. The summed E-state index contributed by atoms with van der Waals surface area (Å²) in [6.45, 7) is 30.9. The van der Waals surface area contributed by atoms with Crippen LogP contribution >= 0.6 is 82.1 Å². The number of hydrogen-bond donors (Lipinski definition) is 8. The molecule has 0 fully saturated rings. The molecular formula is C92H101Cl4F4N16O13P5. The van der Waals surface area contributed by atoms with Gasteiger partial charge in [0.1, 0.15) is 94.8 Å². The number of fused-ring (bicyclic) bond motifs is 4. The molecule has 0 saturated heterocycles. The van der Waals surface area contributed by atoms with E-state index in [9.17, 15) is 59.6 Å². The molecule has 0 aliphatic carbocycles. The number of aromatic nitrogens is 8. The van der Waals surface area contributed by atoms with E-state index in [0.29, 0.717) is 218 Å². The van der Waals surface area contributed by atoms with Gasteiger partial charge < -0.3 is 84.3 Å². The van der Waals surface area contributed by atoms with Crippen molar-refractivity contribution in [2.45, 2.75) is 39.5 Å². The molecule has 12 rings (SSSR count). The first-order chi connectivity index (χ1) is 63.5. The number of hydrogen-bond acceptors (Lipinski definition) is 25. The monoisotopic (exact) mass is 2010 g/mol. The predicted octanol–water partition coefficient (Wildman–Crippen LogP) is 24.5. The fraction of sp³-hybridized carbons (Fsp3) is 0.261. The lowest BCUT2D eigenvalue weighted by Gasteiger charge is -2.17. The zero-order chi connectivity index (χ0) is 97.8. The number of benzene rings is 8. The molecule has 4 aromatic heterocycles. The average Bonchev–Trinajstić information content (AvgIpc) is 0.801. The maximum Gasteiger partial charge on any atom is 0.247 e. The zero-order valence-electron chi connectivity index (χ0n) is 74.7. The maximum absolute atomic E-state index is 13.5. The third-order valence-electron chi connectivity index (χ3n) is 19.4. The fourth-order valence-corrected chi connectivity index (χ4v) is 24.3. The van der Waals surface area contributed by atoms with Gasteiger partial charge in [0.25, 0.3) is 0 Å². The van der Waals surface area contributed by atoms with E-state index in [0.717, 1.165) is 24.3 Å². The van der Waals surface area contributed by atoms with Crippen LogP contribution in [-0.2, 0) is 42.0 Å². The fourth-order valence-electron chi connectivity index (χ4n) is 12.9. The van der Waals surface area contributed by atoms with Crippen LogP contribution in [-0.4, -0.2) is 179 Å². The van der Waals surface area contributed by atoms with E-state index in [2.05, 4.69) is 109 Å². The summed E-state index contributed by atoms with van der Waals surface area (Å²) in [5.41, 5.74) is 5.99. The van der Waals surface area contributed by atoms with Crippen LogP contribution in [0.5, 0.6) is 23.0 Å². The van der Waals surface area contributed by atoms with Crippen molar-refractivity contribution in [1.82, 2.24) is 39.9 Å². The van der Waals surface area contributed by atoms with Crippen molar-refractivity contribution in [3.8, 4) is 23.0 Å². The number of carbonyl (C=O) groups is 4. The second-order valence-corrected chi connectivity index (χ2v) is 51.7. The van der Waals surface area contributed by atoms with Crippen molar-refractivity contribution in [1.29, 1.82) is 0 Å². The summed E-state index contributed by atoms with van der Waals surface area (Å²) >= 11 is 23.5. The van der Waals surface area contributed by atoms with Gasteiger partial charge in [0, 0.05) is 93.2 Å². The number of ether oxygens (including phenoxy) is 4. The van der Waals surface area contributed by atoms with Gasteiger partial charge in [-0.1, -0.05) is 86.6 Å². The zero-order valence-corrected chi connectivity index (χ0v) is 82.2. The van der Waals surface area contributed by atoms with Crippen molar-refractivity contribution in [2.75, 3.05) is 158 Å². The molecule has 12 aromatic rings. The van der Waals surface area contributed by atoms with E-state index in [-0.39, 0.29) is 32.6 Å². The number of nitrogens with zero attached hydrogens (tertiary/aromatic N) is 8. The van der Waals surface area contributed by atoms with E-state index in [1.807, 2.05) is 13.8 Å². The molecule has 134 heavy (non-hydrogen) atoms. The van der Waals surface area contributed by atoms with Crippen LogP contribution in [0.25, 0.3) is 43.6 Å². The van der Waals surface area contributed by atoms with Crippen molar-refractivity contribution in [3.05, 3.63) is 241 Å². The van der Waals surface area contributed by atoms with Gasteiger partial charge in [-0.2, -0.15) is 0 Å². The summed E-state index contributed by atoms with van der Waals surface area (Å²) in [6, 6.07) is 30.4. The molecule has 42 heteroatoms. The highest BCUT2D eigenvalue weighted by Crippen LogP contribution is 2.56. The Morgan fingerprint density at radius 2 is 0.582 bits per heavy atom. The van der Waals surface area contributed by atoms with Gasteiger partial charge in [-0.25, -0.2) is 57.4 Å². The second-order valence-electron chi connectivity index (χ2n) is 31.7. The molecule has 708 valence electrons. The Balaban J connectivity index is 0.000000201. The van der Waals surface area contributed by atoms with Gasteiger partial charge in [-0.3, -0.25) is 19.2 Å². The molecule has 4 heterocycles. The van der Waals surface area contributed by atoms with E-state index in [4.69, 9.17) is 65.4 Å². The molecule has 29 nitrogen and oxygen atoms in total. The van der Waals surface area contributed by atoms with Crippen LogP contribution in [0.1, 0.15) is 39.5 Å². The summed E-state index contributed by atoms with van der Waals surface area (Å²) < 4.78 is 139. The molecule has 0 aliphatic heterocycles. The van der Waals surface area contributed by atoms with Gasteiger partial charge in [-0.15, -0.1) is 0 Å². The molecule has 0 aliphatic rings. The Bertz CT molecular complexity index is 6450. The Morgan fingerprint density at radius 3 is 0.799 bits per heavy atom. The van der Waals surface area contributed by atoms with Gasteiger partial charge in [0.05, 0.1) is 133 Å². The van der Waals surface area contributed by atoms with E-state index >= 15 is 0 Å². The normalized spacial score (nSPS) is 11.8. The third-order valence-corrected chi connectivity index (χ3v) is 33.2. The van der Waals surface area contributed by atoms with E-state index < -0.39 is 82.6 Å². The summed E-state index contributed by atoms with van der Waals surface area (Å²) in [7, 11) is -11.4. The van der Waals surface area contributed by atoms with Crippen LogP contribution in [0.4, 0.5) is 86.3 Å². The number of nitrogens with one attached hydrogen (secondary N) is 8. The molecule has 0 bridgehead atoms. The Hall–Kier alpha value is -11.6. The molecule has 4 amide bonds. The molecular weight excluding hydrogens is 1910 g/mol. The van der Waals surface area contributed by atoms with Crippen molar-refractivity contribution in [2.24, 2.45) is 0 Å². The molecule has 8 aromatic carbocycles. The summed E-state index contributed by atoms with van der Waals surface area (Å²) in [5, 5.41) is 25.6. The topological polar surface area (TPSA) is 390 Å². The third kappa shape index (κ3) is 32.9. The van der Waals surface area contributed by atoms with Crippen molar-refractivity contribution < 1.29 is 78.5 Å². The number of anilines is 12. The smallest absolute Gasteiger partial charge is 0.247 e. The minimum Gasteiger partial charge on any atom is -0.491 e. The minimum atomic E-state index is -2.55.